The molecular formula is C15H14N2O3S. The van der Waals surface area contributed by atoms with Crippen molar-refractivity contribution in [2.24, 2.45) is 0 Å². The summed E-state index contributed by atoms with van der Waals surface area (Å²) >= 11 is 1.47. The number of nitrogens with zero attached hydrogens (tertiary/aromatic N) is 1. The summed E-state index contributed by atoms with van der Waals surface area (Å²) in [7, 11) is 0. The molecule has 0 saturated carbocycles. The summed E-state index contributed by atoms with van der Waals surface area (Å²) in [4.78, 5) is 33.1. The second-order valence-electron chi connectivity index (χ2n) is 5.01. The van der Waals surface area contributed by atoms with Gasteiger partial charge in [-0.05, 0) is 38.0 Å². The highest BCUT2D eigenvalue weighted by molar-refractivity contribution is 7.18. The summed E-state index contributed by atoms with van der Waals surface area (Å²) in [5, 5.41) is 0.614. The number of H-pyrrole nitrogens is 1. The lowest BCUT2D eigenvalue weighted by atomic mass is 10.1. The second kappa shape index (κ2) is 4.96. The summed E-state index contributed by atoms with van der Waals surface area (Å²) in [5.41, 5.74) is 1.54. The minimum atomic E-state index is -0.194. The fourth-order valence-corrected chi connectivity index (χ4v) is 3.32. The fourth-order valence-electron chi connectivity index (χ4n) is 2.27. The van der Waals surface area contributed by atoms with Gasteiger partial charge in [0, 0.05) is 4.88 Å². The molecule has 6 heteroatoms. The molecule has 0 saturated heterocycles. The minimum Gasteiger partial charge on any atom is -0.461 e. The van der Waals surface area contributed by atoms with Gasteiger partial charge in [0.15, 0.2) is 5.76 Å². The predicted octanol–water partition coefficient (Wildman–Crippen LogP) is 2.93. The fraction of sp³-hybridized carbons (Fsp3) is 0.267. The molecule has 3 aromatic rings. The van der Waals surface area contributed by atoms with Gasteiger partial charge in [0.05, 0.1) is 18.1 Å². The number of furan rings is 1. The van der Waals surface area contributed by atoms with Crippen LogP contribution in [0.5, 0.6) is 0 Å². The molecule has 0 aliphatic heterocycles. The Hall–Kier alpha value is -2.21. The molecule has 0 aromatic carbocycles. The standard InChI is InChI=1S/C15H14N2O3S/c1-7-4-5-20-13(7)10(18)6-11-16-14(19)12-8(2)9(3)21-15(12)17-11/h4-5H,6H2,1-3H3,(H,16,17,19). The molecule has 0 bridgehead atoms. The van der Waals surface area contributed by atoms with Crippen molar-refractivity contribution in [2.75, 3.05) is 0 Å². The average Bonchev–Trinajstić information content (AvgIpc) is 2.94. The Labute approximate surface area is 124 Å². The number of carbonyl (C=O) groups excluding carboxylic acids is 1. The van der Waals surface area contributed by atoms with E-state index in [1.165, 1.54) is 17.6 Å². The Morgan fingerprint density at radius 3 is 2.81 bits per heavy atom. The highest BCUT2D eigenvalue weighted by Crippen LogP contribution is 2.25. The maximum Gasteiger partial charge on any atom is 0.259 e. The number of hydrogen-bond acceptors (Lipinski definition) is 5. The smallest absolute Gasteiger partial charge is 0.259 e. The van der Waals surface area contributed by atoms with Crippen LogP contribution in [0.4, 0.5) is 0 Å². The highest BCUT2D eigenvalue weighted by atomic mass is 32.1. The van der Waals surface area contributed by atoms with Crippen LogP contribution in [-0.2, 0) is 6.42 Å². The van der Waals surface area contributed by atoms with Crippen LogP contribution in [0.2, 0.25) is 0 Å². The Kier molecular flexibility index (Phi) is 3.25. The van der Waals surface area contributed by atoms with E-state index in [0.717, 1.165) is 16.0 Å². The van der Waals surface area contributed by atoms with Gasteiger partial charge in [0.25, 0.3) is 5.56 Å². The maximum atomic E-state index is 12.2. The van der Waals surface area contributed by atoms with E-state index in [1.807, 2.05) is 20.8 Å². The molecule has 0 radical (unpaired) electrons. The molecule has 0 unspecified atom stereocenters. The number of thiophene rings is 1. The van der Waals surface area contributed by atoms with Gasteiger partial charge in [0.2, 0.25) is 5.78 Å². The summed E-state index contributed by atoms with van der Waals surface area (Å²) in [6.45, 7) is 5.67. The van der Waals surface area contributed by atoms with Crippen molar-refractivity contribution >= 4 is 27.3 Å². The van der Waals surface area contributed by atoms with Crippen molar-refractivity contribution in [1.82, 2.24) is 9.97 Å². The number of nitrogens with one attached hydrogen (secondary N) is 1. The lowest BCUT2D eigenvalue weighted by Gasteiger charge is -2.00. The molecule has 3 heterocycles. The van der Waals surface area contributed by atoms with E-state index in [1.54, 1.807) is 6.07 Å². The largest absolute Gasteiger partial charge is 0.461 e. The molecular weight excluding hydrogens is 288 g/mol. The first kappa shape index (κ1) is 13.8. The summed E-state index contributed by atoms with van der Waals surface area (Å²) < 4.78 is 5.17. The van der Waals surface area contributed by atoms with Crippen molar-refractivity contribution in [3.8, 4) is 0 Å². The van der Waals surface area contributed by atoms with Crippen molar-refractivity contribution in [2.45, 2.75) is 27.2 Å². The van der Waals surface area contributed by atoms with Gasteiger partial charge < -0.3 is 9.40 Å². The van der Waals surface area contributed by atoms with E-state index in [4.69, 9.17) is 4.42 Å². The zero-order chi connectivity index (χ0) is 15.1. The topological polar surface area (TPSA) is 76.0 Å². The van der Waals surface area contributed by atoms with E-state index in [-0.39, 0.29) is 17.8 Å². The number of ketones is 1. The predicted molar refractivity (Wildman–Crippen MR) is 81.2 cm³/mol. The average molecular weight is 302 g/mol. The molecule has 108 valence electrons. The van der Waals surface area contributed by atoms with E-state index in [2.05, 4.69) is 9.97 Å². The molecule has 3 aromatic heterocycles. The number of fused-ring (bicyclic) bond motifs is 1. The van der Waals surface area contributed by atoms with E-state index >= 15 is 0 Å². The third-order valence-electron chi connectivity index (χ3n) is 3.53. The van der Waals surface area contributed by atoms with Gasteiger partial charge >= 0.3 is 0 Å². The maximum absolute atomic E-state index is 12.2. The second-order valence-corrected chi connectivity index (χ2v) is 6.21. The number of hydrogen-bond donors (Lipinski definition) is 1. The highest BCUT2D eigenvalue weighted by Gasteiger charge is 2.17. The Balaban J connectivity index is 2.01. The Bertz CT molecular complexity index is 901. The lowest BCUT2D eigenvalue weighted by molar-refractivity contribution is 0.0963. The molecule has 0 aliphatic carbocycles. The normalized spacial score (nSPS) is 11.2. The molecule has 1 N–H and O–H groups in total. The van der Waals surface area contributed by atoms with Crippen LogP contribution < -0.4 is 5.56 Å². The third-order valence-corrected chi connectivity index (χ3v) is 4.63. The lowest BCUT2D eigenvalue weighted by Crippen LogP contribution is -2.15. The van der Waals surface area contributed by atoms with Gasteiger partial charge in [0.1, 0.15) is 10.7 Å². The summed E-state index contributed by atoms with van der Waals surface area (Å²) in [6, 6.07) is 1.73. The summed E-state index contributed by atoms with van der Waals surface area (Å²) in [5.74, 6) is 0.496. The number of aromatic amines is 1. The van der Waals surface area contributed by atoms with Crippen LogP contribution in [0.15, 0.2) is 21.5 Å². The van der Waals surface area contributed by atoms with Crippen LogP contribution in [0.25, 0.3) is 10.2 Å². The first-order valence-corrected chi connectivity index (χ1v) is 7.35. The summed E-state index contributed by atoms with van der Waals surface area (Å²) in [6.07, 6.45) is 1.50. The SMILES string of the molecule is Cc1ccoc1C(=O)Cc1nc2sc(C)c(C)c2c(=O)[nH]1. The number of aromatic nitrogens is 2. The number of carbonyl (C=O) groups is 1. The van der Waals surface area contributed by atoms with Crippen molar-refractivity contribution < 1.29 is 9.21 Å². The minimum absolute atomic E-state index is 0.0233. The first-order chi connectivity index (χ1) is 9.97. The number of rotatable bonds is 3. The Morgan fingerprint density at radius 2 is 2.14 bits per heavy atom. The molecule has 0 aliphatic rings. The zero-order valence-corrected chi connectivity index (χ0v) is 12.8. The van der Waals surface area contributed by atoms with Crippen LogP contribution in [0.1, 0.15) is 32.4 Å². The van der Waals surface area contributed by atoms with Gasteiger partial charge in [-0.3, -0.25) is 9.59 Å². The number of Topliss-reactive ketones (excluding diaryl/α,β-unsaturated/α-hetero) is 1. The molecule has 21 heavy (non-hydrogen) atoms. The molecule has 0 amide bonds. The molecule has 0 spiro atoms. The van der Waals surface area contributed by atoms with Crippen LogP contribution in [0, 0.1) is 20.8 Å². The van der Waals surface area contributed by atoms with Crippen LogP contribution in [-0.4, -0.2) is 15.8 Å². The van der Waals surface area contributed by atoms with Crippen LogP contribution >= 0.6 is 11.3 Å². The van der Waals surface area contributed by atoms with E-state index in [9.17, 15) is 9.59 Å². The van der Waals surface area contributed by atoms with Gasteiger partial charge in [-0.1, -0.05) is 0 Å². The van der Waals surface area contributed by atoms with Gasteiger partial charge in [-0.2, -0.15) is 0 Å². The van der Waals surface area contributed by atoms with Gasteiger partial charge in [-0.25, -0.2) is 4.98 Å². The third kappa shape index (κ3) is 2.31. The Morgan fingerprint density at radius 1 is 1.38 bits per heavy atom. The molecule has 0 fully saturated rings. The quantitative estimate of drug-likeness (QED) is 0.755. The molecule has 3 rings (SSSR count). The first-order valence-electron chi connectivity index (χ1n) is 6.53. The van der Waals surface area contributed by atoms with Crippen LogP contribution in [0.3, 0.4) is 0 Å². The molecule has 5 nitrogen and oxygen atoms in total. The molecule has 0 atom stereocenters. The van der Waals surface area contributed by atoms with Crippen molar-refractivity contribution in [3.05, 3.63) is 50.3 Å². The van der Waals surface area contributed by atoms with Crippen molar-refractivity contribution in [3.63, 3.8) is 0 Å². The van der Waals surface area contributed by atoms with Gasteiger partial charge in [-0.15, -0.1) is 11.3 Å². The van der Waals surface area contributed by atoms with E-state index in [0.29, 0.717) is 21.8 Å². The monoisotopic (exact) mass is 302 g/mol. The zero-order valence-electron chi connectivity index (χ0n) is 11.9. The number of aryl methyl sites for hydroxylation is 3. The van der Waals surface area contributed by atoms with Crippen molar-refractivity contribution in [1.29, 1.82) is 0 Å². The van der Waals surface area contributed by atoms with E-state index < -0.39 is 0 Å².